The predicted octanol–water partition coefficient (Wildman–Crippen LogP) is 2.28. The topological polar surface area (TPSA) is 77.6 Å². The van der Waals surface area contributed by atoms with E-state index < -0.39 is 23.7 Å². The van der Waals surface area contributed by atoms with Crippen LogP contribution in [-0.4, -0.2) is 61.1 Å². The summed E-state index contributed by atoms with van der Waals surface area (Å²) in [5.41, 5.74) is -0.899. The molecule has 0 radical (unpaired) electrons. The Kier molecular flexibility index (Phi) is 7.64. The third kappa shape index (κ3) is 6.38. The molecule has 1 aromatic rings. The smallest absolute Gasteiger partial charge is 0.354 e. The van der Waals surface area contributed by atoms with E-state index in [2.05, 4.69) is 22.2 Å². The SMILES string of the molecule is C=CCNC(=O)NC(=O)CN1CCCN(c2ncc(C(F)(F)F)cc2Cl)CC1. The zero-order chi connectivity index (χ0) is 20.7. The van der Waals surface area contributed by atoms with Gasteiger partial charge in [-0.05, 0) is 12.5 Å². The number of carbonyl (C=O) groups is 2. The molecular weight excluding hydrogens is 399 g/mol. The van der Waals surface area contributed by atoms with E-state index in [1.807, 2.05) is 4.90 Å². The number of amides is 3. The number of aromatic nitrogens is 1. The van der Waals surface area contributed by atoms with E-state index in [0.29, 0.717) is 32.6 Å². The number of pyridine rings is 1. The van der Waals surface area contributed by atoms with Crippen molar-refractivity contribution in [2.75, 3.05) is 44.2 Å². The molecule has 1 aromatic heterocycles. The molecule has 1 fully saturated rings. The first-order valence-corrected chi connectivity index (χ1v) is 8.97. The largest absolute Gasteiger partial charge is 0.417 e. The Morgan fingerprint density at radius 2 is 2.04 bits per heavy atom. The van der Waals surface area contributed by atoms with Crippen LogP contribution in [0.2, 0.25) is 5.02 Å². The zero-order valence-electron chi connectivity index (χ0n) is 15.1. The van der Waals surface area contributed by atoms with Gasteiger partial charge in [-0.3, -0.25) is 15.0 Å². The predicted molar refractivity (Wildman–Crippen MR) is 99.3 cm³/mol. The Bertz CT molecular complexity index is 729. The first-order chi connectivity index (χ1) is 13.2. The Hall–Kier alpha value is -2.33. The van der Waals surface area contributed by atoms with Crippen LogP contribution >= 0.6 is 11.6 Å². The van der Waals surface area contributed by atoms with Gasteiger partial charge in [-0.1, -0.05) is 17.7 Å². The van der Waals surface area contributed by atoms with E-state index in [1.54, 1.807) is 4.90 Å². The van der Waals surface area contributed by atoms with Crippen molar-refractivity contribution in [1.82, 2.24) is 20.5 Å². The van der Waals surface area contributed by atoms with Gasteiger partial charge >= 0.3 is 12.2 Å². The highest BCUT2D eigenvalue weighted by Crippen LogP contribution is 2.33. The zero-order valence-corrected chi connectivity index (χ0v) is 15.8. The maximum atomic E-state index is 12.7. The second kappa shape index (κ2) is 9.74. The number of nitrogens with zero attached hydrogens (tertiary/aromatic N) is 3. The van der Waals surface area contributed by atoms with Gasteiger partial charge in [-0.25, -0.2) is 9.78 Å². The molecule has 1 aliphatic rings. The molecule has 3 amide bonds. The molecule has 1 saturated heterocycles. The molecule has 2 rings (SSSR count). The third-order valence-electron chi connectivity index (χ3n) is 4.06. The summed E-state index contributed by atoms with van der Waals surface area (Å²) in [4.78, 5) is 30.9. The number of carbonyl (C=O) groups excluding carboxylic acids is 2. The first kappa shape index (κ1) is 22.0. The lowest BCUT2D eigenvalue weighted by Gasteiger charge is -2.23. The van der Waals surface area contributed by atoms with Gasteiger partial charge in [0.2, 0.25) is 5.91 Å². The van der Waals surface area contributed by atoms with Crippen LogP contribution in [0.25, 0.3) is 0 Å². The Labute approximate surface area is 165 Å². The van der Waals surface area contributed by atoms with Crippen molar-refractivity contribution in [3.05, 3.63) is 35.5 Å². The van der Waals surface area contributed by atoms with E-state index in [9.17, 15) is 22.8 Å². The van der Waals surface area contributed by atoms with Crippen molar-refractivity contribution in [3.8, 4) is 0 Å². The maximum Gasteiger partial charge on any atom is 0.417 e. The number of rotatable bonds is 5. The number of halogens is 4. The molecule has 0 aliphatic carbocycles. The number of imide groups is 1. The van der Waals surface area contributed by atoms with Crippen molar-refractivity contribution >= 4 is 29.4 Å². The molecule has 28 heavy (non-hydrogen) atoms. The molecule has 0 bridgehead atoms. The van der Waals surface area contributed by atoms with Gasteiger partial charge in [0.1, 0.15) is 5.82 Å². The highest BCUT2D eigenvalue weighted by atomic mass is 35.5. The second-order valence-corrected chi connectivity index (χ2v) is 6.60. The molecule has 7 nitrogen and oxygen atoms in total. The maximum absolute atomic E-state index is 12.7. The minimum Gasteiger partial charge on any atom is -0.354 e. The van der Waals surface area contributed by atoms with E-state index in [-0.39, 0.29) is 23.9 Å². The number of alkyl halides is 3. The minimum atomic E-state index is -4.50. The number of urea groups is 1. The van der Waals surface area contributed by atoms with Crippen LogP contribution in [0.3, 0.4) is 0 Å². The highest BCUT2D eigenvalue weighted by molar-refractivity contribution is 6.33. The normalized spacial score (nSPS) is 15.6. The minimum absolute atomic E-state index is 0.0313. The summed E-state index contributed by atoms with van der Waals surface area (Å²) in [5.74, 6) is -0.162. The fraction of sp³-hybridized carbons (Fsp3) is 0.471. The quantitative estimate of drug-likeness (QED) is 0.716. The summed E-state index contributed by atoms with van der Waals surface area (Å²) in [5, 5.41) is 4.60. The molecule has 0 unspecified atom stereocenters. The van der Waals surface area contributed by atoms with Crippen LogP contribution in [0.4, 0.5) is 23.8 Å². The average Bonchev–Trinajstić information content (AvgIpc) is 2.84. The van der Waals surface area contributed by atoms with E-state index in [0.717, 1.165) is 12.3 Å². The third-order valence-corrected chi connectivity index (χ3v) is 4.34. The molecule has 11 heteroatoms. The van der Waals surface area contributed by atoms with Gasteiger partial charge in [0, 0.05) is 38.9 Å². The van der Waals surface area contributed by atoms with Crippen molar-refractivity contribution in [3.63, 3.8) is 0 Å². The van der Waals surface area contributed by atoms with Gasteiger partial charge in [0.05, 0.1) is 17.1 Å². The lowest BCUT2D eigenvalue weighted by molar-refractivity contribution is -0.137. The summed E-state index contributed by atoms with van der Waals surface area (Å²) in [6.07, 6.45) is -1.59. The average molecular weight is 420 g/mol. The van der Waals surface area contributed by atoms with Crippen molar-refractivity contribution in [2.45, 2.75) is 12.6 Å². The summed E-state index contributed by atoms with van der Waals surface area (Å²) in [6, 6.07) is 0.268. The van der Waals surface area contributed by atoms with Crippen molar-refractivity contribution < 1.29 is 22.8 Å². The number of hydrogen-bond donors (Lipinski definition) is 2. The molecule has 0 spiro atoms. The van der Waals surface area contributed by atoms with Crippen LogP contribution < -0.4 is 15.5 Å². The molecule has 0 atom stereocenters. The molecule has 2 heterocycles. The fourth-order valence-electron chi connectivity index (χ4n) is 2.74. The fourth-order valence-corrected chi connectivity index (χ4v) is 3.02. The van der Waals surface area contributed by atoms with E-state index >= 15 is 0 Å². The van der Waals surface area contributed by atoms with Crippen LogP contribution in [0, 0.1) is 0 Å². The molecular formula is C17H21ClF3N5O2. The Balaban J connectivity index is 1.92. The standard InChI is InChI=1S/C17H21ClF3N5O2/c1-2-4-22-16(28)24-14(27)11-25-5-3-6-26(8-7-25)15-13(18)9-12(10-23-15)17(19,20)21/h2,9-10H,1,3-8,11H2,(H2,22,24,27,28). The number of hydrogen-bond acceptors (Lipinski definition) is 5. The van der Waals surface area contributed by atoms with Crippen LogP contribution in [-0.2, 0) is 11.0 Å². The van der Waals surface area contributed by atoms with Crippen LogP contribution in [0.5, 0.6) is 0 Å². The van der Waals surface area contributed by atoms with Crippen LogP contribution in [0.1, 0.15) is 12.0 Å². The van der Waals surface area contributed by atoms with E-state index in [1.165, 1.54) is 6.08 Å². The summed E-state index contributed by atoms with van der Waals surface area (Å²) >= 11 is 6.01. The van der Waals surface area contributed by atoms with Gasteiger partial charge < -0.3 is 10.2 Å². The number of nitrogens with one attached hydrogen (secondary N) is 2. The molecule has 2 N–H and O–H groups in total. The van der Waals surface area contributed by atoms with Gasteiger partial charge in [0.25, 0.3) is 0 Å². The molecule has 154 valence electrons. The van der Waals surface area contributed by atoms with Gasteiger partial charge in [0.15, 0.2) is 0 Å². The molecule has 1 aliphatic heterocycles. The highest BCUT2D eigenvalue weighted by Gasteiger charge is 2.32. The summed E-state index contributed by atoms with van der Waals surface area (Å²) < 4.78 is 38.2. The Morgan fingerprint density at radius 1 is 1.29 bits per heavy atom. The van der Waals surface area contributed by atoms with E-state index in [4.69, 9.17) is 11.6 Å². The van der Waals surface area contributed by atoms with Crippen molar-refractivity contribution in [1.29, 1.82) is 0 Å². The van der Waals surface area contributed by atoms with Crippen LogP contribution in [0.15, 0.2) is 24.9 Å². The summed E-state index contributed by atoms with van der Waals surface area (Å²) in [7, 11) is 0. The Morgan fingerprint density at radius 3 is 2.68 bits per heavy atom. The lowest BCUT2D eigenvalue weighted by atomic mass is 10.2. The monoisotopic (exact) mass is 419 g/mol. The van der Waals surface area contributed by atoms with Gasteiger partial charge in [-0.2, -0.15) is 13.2 Å². The first-order valence-electron chi connectivity index (χ1n) is 8.59. The number of anilines is 1. The summed E-state index contributed by atoms with van der Waals surface area (Å²) in [6.45, 7) is 5.78. The lowest BCUT2D eigenvalue weighted by Crippen LogP contribution is -2.45. The second-order valence-electron chi connectivity index (χ2n) is 6.19. The molecule has 0 aromatic carbocycles. The van der Waals surface area contributed by atoms with Crippen molar-refractivity contribution in [2.24, 2.45) is 0 Å². The molecule has 0 saturated carbocycles. The van der Waals surface area contributed by atoms with Gasteiger partial charge in [-0.15, -0.1) is 6.58 Å².